The number of carbonyl (C=O) groups is 2. The second-order valence-electron chi connectivity index (χ2n) is 6.97. The fourth-order valence-electron chi connectivity index (χ4n) is 3.22. The van der Waals surface area contributed by atoms with Crippen LogP contribution in [0.3, 0.4) is 0 Å². The molecule has 0 aliphatic carbocycles. The normalized spacial score (nSPS) is 21.8. The Labute approximate surface area is 138 Å². The third-order valence-corrected chi connectivity index (χ3v) is 4.87. The van der Waals surface area contributed by atoms with Crippen molar-refractivity contribution < 1.29 is 19.4 Å². The number of rotatable bonds is 6. The summed E-state index contributed by atoms with van der Waals surface area (Å²) in [7, 11) is 0. The van der Waals surface area contributed by atoms with Crippen LogP contribution in [0.25, 0.3) is 0 Å². The molecule has 1 N–H and O–H groups in total. The number of ether oxygens (including phenoxy) is 1. The lowest BCUT2D eigenvalue weighted by molar-refractivity contribution is -0.138. The van der Waals surface area contributed by atoms with Gasteiger partial charge in [0.05, 0.1) is 18.8 Å². The number of piperidine rings is 2. The van der Waals surface area contributed by atoms with E-state index in [2.05, 4.69) is 4.90 Å². The Balaban J connectivity index is 1.65. The lowest BCUT2D eigenvalue weighted by atomic mass is 10.0. The summed E-state index contributed by atoms with van der Waals surface area (Å²) in [5.41, 5.74) is 0. The molecule has 2 fully saturated rings. The van der Waals surface area contributed by atoms with E-state index in [-0.39, 0.29) is 24.0 Å². The standard InChI is InChI=1S/C17H30N2O4/c1-13(2)16(21)11-18-7-3-14(4-8-18)23-15-5-9-19(10-6-15)17(22)12-20/h13-15,20H,3-12H2,1-2H3. The number of aliphatic hydroxyl groups excluding tert-OH is 1. The SMILES string of the molecule is CC(C)C(=O)CN1CCC(OC2CCN(C(=O)CO)CC2)CC1. The van der Waals surface area contributed by atoms with E-state index < -0.39 is 6.61 Å². The molecule has 0 spiro atoms. The van der Waals surface area contributed by atoms with Crippen LogP contribution in [-0.2, 0) is 14.3 Å². The van der Waals surface area contributed by atoms with E-state index in [0.29, 0.717) is 25.4 Å². The molecule has 0 radical (unpaired) electrons. The van der Waals surface area contributed by atoms with Crippen molar-refractivity contribution in [3.05, 3.63) is 0 Å². The molecular formula is C17H30N2O4. The first-order valence-corrected chi connectivity index (χ1v) is 8.78. The van der Waals surface area contributed by atoms with Crippen molar-refractivity contribution in [2.45, 2.75) is 51.7 Å². The summed E-state index contributed by atoms with van der Waals surface area (Å²) < 4.78 is 6.18. The molecule has 2 rings (SSSR count). The number of aliphatic hydroxyl groups is 1. The molecule has 2 aliphatic heterocycles. The van der Waals surface area contributed by atoms with Crippen LogP contribution in [0.5, 0.6) is 0 Å². The Hall–Kier alpha value is -0.980. The highest BCUT2D eigenvalue weighted by Gasteiger charge is 2.27. The van der Waals surface area contributed by atoms with E-state index >= 15 is 0 Å². The molecule has 0 aromatic heterocycles. The van der Waals surface area contributed by atoms with Crippen molar-refractivity contribution in [1.29, 1.82) is 0 Å². The van der Waals surface area contributed by atoms with E-state index in [1.165, 1.54) is 0 Å². The molecule has 0 unspecified atom stereocenters. The summed E-state index contributed by atoms with van der Waals surface area (Å²) in [5.74, 6) is 0.229. The van der Waals surface area contributed by atoms with Crippen LogP contribution in [0, 0.1) is 5.92 Å². The van der Waals surface area contributed by atoms with Gasteiger partial charge in [0.1, 0.15) is 12.4 Å². The summed E-state index contributed by atoms with van der Waals surface area (Å²) in [4.78, 5) is 27.2. The van der Waals surface area contributed by atoms with E-state index in [1.807, 2.05) is 13.8 Å². The maximum atomic E-state index is 11.8. The Morgan fingerprint density at radius 1 is 1.04 bits per heavy atom. The minimum Gasteiger partial charge on any atom is -0.387 e. The Bertz CT molecular complexity index is 397. The number of ketones is 1. The van der Waals surface area contributed by atoms with Crippen LogP contribution >= 0.6 is 0 Å². The first-order valence-electron chi connectivity index (χ1n) is 8.78. The zero-order valence-electron chi connectivity index (χ0n) is 14.4. The quantitative estimate of drug-likeness (QED) is 0.777. The van der Waals surface area contributed by atoms with Gasteiger partial charge in [-0.3, -0.25) is 14.5 Å². The molecule has 23 heavy (non-hydrogen) atoms. The van der Waals surface area contributed by atoms with Crippen LogP contribution < -0.4 is 0 Å². The molecule has 0 aromatic rings. The Kier molecular flexibility index (Phi) is 6.99. The van der Waals surface area contributed by atoms with Gasteiger partial charge >= 0.3 is 0 Å². The van der Waals surface area contributed by atoms with Gasteiger partial charge in [0.15, 0.2) is 0 Å². The molecule has 0 saturated carbocycles. The van der Waals surface area contributed by atoms with Crippen molar-refractivity contribution >= 4 is 11.7 Å². The predicted octanol–water partition coefficient (Wildman–Crippen LogP) is 0.676. The topological polar surface area (TPSA) is 70.1 Å². The van der Waals surface area contributed by atoms with Crippen LogP contribution in [0.1, 0.15) is 39.5 Å². The van der Waals surface area contributed by atoms with Crippen molar-refractivity contribution in [1.82, 2.24) is 9.80 Å². The van der Waals surface area contributed by atoms with Crippen molar-refractivity contribution in [2.24, 2.45) is 5.92 Å². The van der Waals surface area contributed by atoms with E-state index in [0.717, 1.165) is 38.8 Å². The molecule has 2 aliphatic rings. The minimum atomic E-state index is -0.404. The minimum absolute atomic E-state index is 0.107. The van der Waals surface area contributed by atoms with Gasteiger partial charge in [-0.15, -0.1) is 0 Å². The van der Waals surface area contributed by atoms with Gasteiger partial charge in [-0.1, -0.05) is 13.8 Å². The average molecular weight is 326 g/mol. The Morgan fingerprint density at radius 2 is 1.57 bits per heavy atom. The number of nitrogens with zero attached hydrogens (tertiary/aromatic N) is 2. The number of hydrogen-bond donors (Lipinski definition) is 1. The number of amides is 1. The van der Waals surface area contributed by atoms with Crippen molar-refractivity contribution in [2.75, 3.05) is 39.3 Å². The third kappa shape index (κ3) is 5.55. The summed E-state index contributed by atoms with van der Waals surface area (Å²) in [6.45, 7) is 7.25. The zero-order chi connectivity index (χ0) is 16.8. The highest BCUT2D eigenvalue weighted by Crippen LogP contribution is 2.21. The average Bonchev–Trinajstić information content (AvgIpc) is 2.56. The molecule has 1 amide bonds. The lowest BCUT2D eigenvalue weighted by Gasteiger charge is -2.37. The fraction of sp³-hybridized carbons (Fsp3) is 0.882. The van der Waals surface area contributed by atoms with E-state index in [1.54, 1.807) is 4.90 Å². The molecule has 0 atom stereocenters. The number of carbonyl (C=O) groups excluding carboxylic acids is 2. The molecule has 0 aromatic carbocycles. The third-order valence-electron chi connectivity index (χ3n) is 4.87. The van der Waals surface area contributed by atoms with Crippen molar-refractivity contribution in [3.8, 4) is 0 Å². The van der Waals surface area contributed by atoms with Gasteiger partial charge in [0.2, 0.25) is 5.91 Å². The molecule has 6 nitrogen and oxygen atoms in total. The maximum Gasteiger partial charge on any atom is 0.248 e. The monoisotopic (exact) mass is 326 g/mol. The summed E-state index contributed by atoms with van der Waals surface area (Å²) in [6.07, 6.45) is 4.12. The van der Waals surface area contributed by atoms with Gasteiger partial charge in [-0.25, -0.2) is 0 Å². The molecule has 132 valence electrons. The fourth-order valence-corrected chi connectivity index (χ4v) is 3.22. The lowest BCUT2D eigenvalue weighted by Crippen LogP contribution is -2.45. The van der Waals surface area contributed by atoms with Crippen LogP contribution in [0.2, 0.25) is 0 Å². The summed E-state index contributed by atoms with van der Waals surface area (Å²) >= 11 is 0. The first-order chi connectivity index (χ1) is 11.0. The van der Waals surface area contributed by atoms with Gasteiger partial charge in [-0.2, -0.15) is 0 Å². The summed E-state index contributed by atoms with van der Waals surface area (Å²) in [6, 6.07) is 0. The zero-order valence-corrected chi connectivity index (χ0v) is 14.4. The number of likely N-dealkylation sites (tertiary alicyclic amines) is 2. The maximum absolute atomic E-state index is 11.8. The van der Waals surface area contributed by atoms with E-state index in [4.69, 9.17) is 9.84 Å². The molecule has 6 heteroatoms. The largest absolute Gasteiger partial charge is 0.387 e. The number of Topliss-reactive ketones (excluding diaryl/α,β-unsaturated/α-hetero) is 1. The van der Waals surface area contributed by atoms with Crippen LogP contribution in [0.15, 0.2) is 0 Å². The van der Waals surface area contributed by atoms with Crippen LogP contribution in [-0.4, -0.2) is 78.1 Å². The van der Waals surface area contributed by atoms with Gasteiger partial charge in [0, 0.05) is 32.1 Å². The molecule has 2 heterocycles. The highest BCUT2D eigenvalue weighted by atomic mass is 16.5. The highest BCUT2D eigenvalue weighted by molar-refractivity contribution is 5.82. The molecular weight excluding hydrogens is 296 g/mol. The van der Waals surface area contributed by atoms with Gasteiger partial charge < -0.3 is 14.7 Å². The second kappa shape index (κ2) is 8.76. The smallest absolute Gasteiger partial charge is 0.248 e. The van der Waals surface area contributed by atoms with E-state index in [9.17, 15) is 9.59 Å². The number of hydrogen-bond acceptors (Lipinski definition) is 5. The second-order valence-corrected chi connectivity index (χ2v) is 6.97. The van der Waals surface area contributed by atoms with Gasteiger partial charge in [-0.05, 0) is 25.7 Å². The van der Waals surface area contributed by atoms with Gasteiger partial charge in [0.25, 0.3) is 0 Å². The molecule has 0 bridgehead atoms. The summed E-state index contributed by atoms with van der Waals surface area (Å²) in [5, 5.41) is 8.88. The Morgan fingerprint density at radius 3 is 2.04 bits per heavy atom. The van der Waals surface area contributed by atoms with Crippen LogP contribution in [0.4, 0.5) is 0 Å². The predicted molar refractivity (Wildman–Crippen MR) is 87.1 cm³/mol. The molecule has 2 saturated heterocycles. The van der Waals surface area contributed by atoms with Crippen molar-refractivity contribution in [3.63, 3.8) is 0 Å². The first kappa shape index (κ1) is 18.4.